The average Bonchev–Trinajstić information content (AvgIpc) is 4.02. The van der Waals surface area contributed by atoms with Crippen LogP contribution in [0.2, 0.25) is 0 Å². The van der Waals surface area contributed by atoms with Gasteiger partial charge in [-0.05, 0) is 66.2 Å². The topological polar surface area (TPSA) is 61.7 Å². The van der Waals surface area contributed by atoms with Crippen molar-refractivity contribution in [3.05, 3.63) is 212 Å². The maximum absolute atomic E-state index is 6.48. The lowest BCUT2D eigenvalue weighted by Gasteiger charge is -2.12. The Morgan fingerprint density at radius 3 is 1.48 bits per heavy atom. The van der Waals surface area contributed by atoms with Crippen LogP contribution in [0.1, 0.15) is 0 Å². The maximum atomic E-state index is 6.48. The van der Waals surface area contributed by atoms with Gasteiger partial charge in [0.15, 0.2) is 17.5 Å². The molecule has 63 heavy (non-hydrogen) atoms. The van der Waals surface area contributed by atoms with Crippen molar-refractivity contribution in [1.29, 1.82) is 0 Å². The summed E-state index contributed by atoms with van der Waals surface area (Å²) in [6, 6.07) is 74.5. The van der Waals surface area contributed by atoms with E-state index in [1.165, 1.54) is 21.5 Å². The number of hydrogen-bond acceptors (Lipinski definition) is 4. The van der Waals surface area contributed by atoms with E-state index < -0.39 is 0 Å². The summed E-state index contributed by atoms with van der Waals surface area (Å²) in [6.45, 7) is 0. The predicted molar refractivity (Wildman–Crippen MR) is 258 cm³/mol. The summed E-state index contributed by atoms with van der Waals surface area (Å²) < 4.78 is 11.2. The standard InChI is InChI=1S/C57H35N5O/c1-3-15-36(16-4-1)55-58-56(37-17-5-2-6-18-37)60-57(59-55)39-19-13-20-40(33-39)61-50-27-11-8-22-44(50)48-35-41(30-32-52(48)61)62-49-26-10-7-21-43(49)47-34-38(29-31-51(47)62)42-24-14-25-46-45-23-9-12-28-53(45)63-54(42)46/h1-35H. The second-order valence-corrected chi connectivity index (χ2v) is 16.0. The molecular formula is C57H35N5O. The Bertz CT molecular complexity index is 3860. The van der Waals surface area contributed by atoms with Crippen molar-refractivity contribution in [2.75, 3.05) is 0 Å². The quantitative estimate of drug-likeness (QED) is 0.168. The van der Waals surface area contributed by atoms with Crippen LogP contribution in [0.3, 0.4) is 0 Å². The van der Waals surface area contributed by atoms with Crippen LogP contribution >= 0.6 is 0 Å². The smallest absolute Gasteiger partial charge is 0.164 e. The first-order chi connectivity index (χ1) is 31.2. The lowest BCUT2D eigenvalue weighted by atomic mass is 10.0. The van der Waals surface area contributed by atoms with Gasteiger partial charge in [0.05, 0.1) is 22.1 Å². The highest BCUT2D eigenvalue weighted by Gasteiger charge is 2.20. The molecule has 4 aromatic heterocycles. The monoisotopic (exact) mass is 805 g/mol. The molecule has 0 saturated heterocycles. The highest BCUT2D eigenvalue weighted by molar-refractivity contribution is 6.14. The minimum Gasteiger partial charge on any atom is -0.455 e. The van der Waals surface area contributed by atoms with Gasteiger partial charge in [-0.1, -0.05) is 152 Å². The number of benzene rings is 9. The summed E-state index contributed by atoms with van der Waals surface area (Å²) in [6.07, 6.45) is 0. The molecule has 0 unspecified atom stereocenters. The first-order valence-corrected chi connectivity index (χ1v) is 21.2. The van der Waals surface area contributed by atoms with Crippen molar-refractivity contribution in [3.63, 3.8) is 0 Å². The van der Waals surface area contributed by atoms with E-state index in [2.05, 4.69) is 149 Å². The predicted octanol–water partition coefficient (Wildman–Crippen LogP) is 14.6. The molecule has 294 valence electrons. The molecule has 9 aromatic carbocycles. The van der Waals surface area contributed by atoms with Gasteiger partial charge in [0.1, 0.15) is 11.2 Å². The van der Waals surface area contributed by atoms with Gasteiger partial charge in [0.2, 0.25) is 0 Å². The van der Waals surface area contributed by atoms with Crippen LogP contribution < -0.4 is 0 Å². The largest absolute Gasteiger partial charge is 0.455 e. The number of nitrogens with zero attached hydrogens (tertiary/aromatic N) is 5. The minimum absolute atomic E-state index is 0.622. The van der Waals surface area contributed by atoms with Crippen molar-refractivity contribution in [3.8, 4) is 56.7 Å². The van der Waals surface area contributed by atoms with Crippen LogP contribution in [-0.2, 0) is 0 Å². The summed E-state index contributed by atoms with van der Waals surface area (Å²) >= 11 is 0. The Morgan fingerprint density at radius 2 is 0.794 bits per heavy atom. The van der Waals surface area contributed by atoms with E-state index in [0.29, 0.717) is 17.5 Å². The van der Waals surface area contributed by atoms with Gasteiger partial charge >= 0.3 is 0 Å². The van der Waals surface area contributed by atoms with Crippen molar-refractivity contribution < 1.29 is 4.42 Å². The van der Waals surface area contributed by atoms with E-state index >= 15 is 0 Å². The van der Waals surface area contributed by atoms with Crippen molar-refractivity contribution in [1.82, 2.24) is 24.1 Å². The van der Waals surface area contributed by atoms with E-state index in [1.54, 1.807) is 0 Å². The third-order valence-electron chi connectivity index (χ3n) is 12.4. The maximum Gasteiger partial charge on any atom is 0.164 e. The molecule has 0 saturated carbocycles. The fourth-order valence-electron chi connectivity index (χ4n) is 9.49. The van der Waals surface area contributed by atoms with Gasteiger partial charge in [0.25, 0.3) is 0 Å². The number of rotatable bonds is 6. The molecule has 0 atom stereocenters. The van der Waals surface area contributed by atoms with Crippen LogP contribution in [0.25, 0.3) is 122 Å². The molecule has 0 aliphatic carbocycles. The second kappa shape index (κ2) is 14.0. The molecule has 4 heterocycles. The van der Waals surface area contributed by atoms with Gasteiger partial charge in [-0.15, -0.1) is 0 Å². The third kappa shape index (κ3) is 5.62. The molecule has 0 radical (unpaired) electrons. The number of fused-ring (bicyclic) bond motifs is 9. The summed E-state index contributed by atoms with van der Waals surface area (Å²) in [7, 11) is 0. The van der Waals surface area contributed by atoms with Crippen molar-refractivity contribution in [2.45, 2.75) is 0 Å². The van der Waals surface area contributed by atoms with Crippen LogP contribution in [0.5, 0.6) is 0 Å². The van der Waals surface area contributed by atoms with E-state index in [4.69, 9.17) is 19.4 Å². The van der Waals surface area contributed by atoms with Crippen molar-refractivity contribution >= 4 is 65.6 Å². The molecule has 0 aliphatic heterocycles. The fourth-order valence-corrected chi connectivity index (χ4v) is 9.49. The molecule has 0 fully saturated rings. The zero-order valence-corrected chi connectivity index (χ0v) is 33.9. The summed E-state index contributed by atoms with van der Waals surface area (Å²) in [5.74, 6) is 1.90. The zero-order valence-electron chi connectivity index (χ0n) is 33.9. The van der Waals surface area contributed by atoms with Gasteiger partial charge in [-0.3, -0.25) is 0 Å². The zero-order chi connectivity index (χ0) is 41.4. The molecule has 6 nitrogen and oxygen atoms in total. The second-order valence-electron chi connectivity index (χ2n) is 16.0. The highest BCUT2D eigenvalue weighted by Crippen LogP contribution is 2.41. The molecule has 0 aliphatic rings. The molecule has 6 heteroatoms. The van der Waals surface area contributed by atoms with Crippen LogP contribution in [0, 0.1) is 0 Å². The summed E-state index contributed by atoms with van der Waals surface area (Å²) in [5, 5.41) is 7.01. The highest BCUT2D eigenvalue weighted by atomic mass is 16.3. The molecule has 0 N–H and O–H groups in total. The van der Waals surface area contributed by atoms with Crippen LogP contribution in [-0.4, -0.2) is 24.1 Å². The van der Waals surface area contributed by atoms with Gasteiger partial charge in [-0.25, -0.2) is 15.0 Å². The first-order valence-electron chi connectivity index (χ1n) is 21.2. The molecule has 13 rings (SSSR count). The molecule has 0 spiro atoms. The van der Waals surface area contributed by atoms with Gasteiger partial charge in [-0.2, -0.15) is 0 Å². The lowest BCUT2D eigenvalue weighted by Crippen LogP contribution is -2.01. The fraction of sp³-hybridized carbons (Fsp3) is 0. The van der Waals surface area contributed by atoms with Gasteiger partial charge in [0, 0.05) is 65.9 Å². The number of para-hydroxylation sites is 4. The van der Waals surface area contributed by atoms with E-state index in [0.717, 1.165) is 83.2 Å². The Balaban J connectivity index is 0.956. The molecule has 13 aromatic rings. The third-order valence-corrected chi connectivity index (χ3v) is 12.4. The molecule has 0 amide bonds. The van der Waals surface area contributed by atoms with Crippen LogP contribution in [0.4, 0.5) is 0 Å². The summed E-state index contributed by atoms with van der Waals surface area (Å²) in [5.41, 5.74) is 13.5. The lowest BCUT2D eigenvalue weighted by molar-refractivity contribution is 0.670. The summed E-state index contributed by atoms with van der Waals surface area (Å²) in [4.78, 5) is 15.0. The van der Waals surface area contributed by atoms with Gasteiger partial charge < -0.3 is 13.6 Å². The molecule has 0 bridgehead atoms. The molecular weight excluding hydrogens is 771 g/mol. The number of hydrogen-bond donors (Lipinski definition) is 0. The first kappa shape index (κ1) is 35.2. The van der Waals surface area contributed by atoms with E-state index in [-0.39, 0.29) is 0 Å². The average molecular weight is 806 g/mol. The normalized spacial score (nSPS) is 11.8. The number of aromatic nitrogens is 5. The van der Waals surface area contributed by atoms with E-state index in [9.17, 15) is 0 Å². The number of furan rings is 1. The Labute approximate surface area is 361 Å². The van der Waals surface area contributed by atoms with E-state index in [1.807, 2.05) is 72.8 Å². The Kier molecular flexibility index (Phi) is 7.80. The Hall–Kier alpha value is -8.61. The van der Waals surface area contributed by atoms with Crippen molar-refractivity contribution in [2.24, 2.45) is 0 Å². The Morgan fingerprint density at radius 1 is 0.302 bits per heavy atom. The minimum atomic E-state index is 0.622. The SMILES string of the molecule is c1ccc(-c2nc(-c3ccccc3)nc(-c3cccc(-n4c5ccccc5c5cc(-n6c7ccccc7c7cc(-c8cccc9c8oc8ccccc89)ccc76)ccc54)c3)n2)cc1. The van der Waals surface area contributed by atoms with Crippen LogP contribution in [0.15, 0.2) is 217 Å².